The number of oxazole rings is 1. The normalized spacial score (nSPS) is 18.4. The van der Waals surface area contributed by atoms with E-state index >= 15 is 0 Å². The van der Waals surface area contributed by atoms with E-state index in [0.29, 0.717) is 17.5 Å². The van der Waals surface area contributed by atoms with Crippen molar-refractivity contribution in [2.24, 2.45) is 16.3 Å². The molecule has 1 aromatic rings. The van der Waals surface area contributed by atoms with Crippen molar-refractivity contribution in [3.8, 4) is 0 Å². The third kappa shape index (κ3) is 2.94. The second kappa shape index (κ2) is 4.60. The lowest BCUT2D eigenvalue weighted by Crippen LogP contribution is -2.19. The average molecular weight is 255 g/mol. The maximum absolute atomic E-state index is 8.58. The minimum absolute atomic E-state index is 0.178. The molecule has 0 amide bonds. The molecule has 0 atom stereocenters. The van der Waals surface area contributed by atoms with Crippen LogP contribution < -0.4 is 5.73 Å². The van der Waals surface area contributed by atoms with E-state index in [2.05, 4.69) is 10.1 Å². The Balaban J connectivity index is 1.90. The van der Waals surface area contributed by atoms with E-state index in [-0.39, 0.29) is 5.41 Å². The van der Waals surface area contributed by atoms with E-state index < -0.39 is 0 Å². The molecule has 0 radical (unpaired) electrons. The lowest BCUT2D eigenvalue weighted by Gasteiger charge is -2.11. The summed E-state index contributed by atoms with van der Waals surface area (Å²) in [5, 5.41) is 12.3. The van der Waals surface area contributed by atoms with Gasteiger partial charge in [-0.1, -0.05) is 16.9 Å². The van der Waals surface area contributed by atoms with Crippen LogP contribution in [0.25, 0.3) is 0 Å². The standard InChI is InChI=1S/C11H17N3O2S/c1-7-8(2)16-10(13-7)17-6-11(3-4-11)5-9(12)14-15/h15H,3-6H2,1-2H3,(H2,12,14). The van der Waals surface area contributed by atoms with Gasteiger partial charge in [-0.05, 0) is 32.1 Å². The Labute approximate surface area is 104 Å². The number of rotatable bonds is 5. The van der Waals surface area contributed by atoms with E-state index in [1.165, 1.54) is 0 Å². The molecule has 6 heteroatoms. The lowest BCUT2D eigenvalue weighted by molar-refractivity contribution is 0.315. The molecule has 0 bridgehead atoms. The molecule has 1 aliphatic carbocycles. The molecule has 0 saturated heterocycles. The van der Waals surface area contributed by atoms with Crippen molar-refractivity contribution in [1.29, 1.82) is 0 Å². The zero-order valence-corrected chi connectivity index (χ0v) is 10.9. The van der Waals surface area contributed by atoms with E-state index in [0.717, 1.165) is 30.0 Å². The maximum atomic E-state index is 8.58. The highest BCUT2D eigenvalue weighted by Gasteiger charge is 2.43. The van der Waals surface area contributed by atoms with Gasteiger partial charge < -0.3 is 15.4 Å². The maximum Gasteiger partial charge on any atom is 0.256 e. The van der Waals surface area contributed by atoms with Crippen LogP contribution in [0.4, 0.5) is 0 Å². The van der Waals surface area contributed by atoms with E-state index in [4.69, 9.17) is 15.4 Å². The van der Waals surface area contributed by atoms with Gasteiger partial charge >= 0.3 is 0 Å². The van der Waals surface area contributed by atoms with E-state index in [1.54, 1.807) is 11.8 Å². The number of hydrogen-bond acceptors (Lipinski definition) is 5. The molecule has 2 rings (SSSR count). The number of nitrogens with zero attached hydrogens (tertiary/aromatic N) is 2. The summed E-state index contributed by atoms with van der Waals surface area (Å²) in [4.78, 5) is 4.33. The molecule has 94 valence electrons. The molecule has 0 aromatic carbocycles. The number of thioether (sulfide) groups is 1. The highest BCUT2D eigenvalue weighted by atomic mass is 32.2. The zero-order valence-electron chi connectivity index (χ0n) is 10.1. The molecule has 0 spiro atoms. The summed E-state index contributed by atoms with van der Waals surface area (Å²) in [6.07, 6.45) is 2.89. The van der Waals surface area contributed by atoms with Gasteiger partial charge in [-0.15, -0.1) is 0 Å². The zero-order chi connectivity index (χ0) is 12.5. The average Bonchev–Trinajstić information content (AvgIpc) is 2.98. The Hall–Kier alpha value is -1.17. The number of nitrogens with two attached hydrogens (primary N) is 1. The number of amidine groups is 1. The van der Waals surface area contributed by atoms with Crippen LogP contribution in [0.2, 0.25) is 0 Å². The van der Waals surface area contributed by atoms with Crippen LogP contribution >= 0.6 is 11.8 Å². The van der Waals surface area contributed by atoms with Gasteiger partial charge in [0, 0.05) is 12.2 Å². The van der Waals surface area contributed by atoms with Crippen LogP contribution in [0.1, 0.15) is 30.7 Å². The van der Waals surface area contributed by atoms with Crippen molar-refractivity contribution in [1.82, 2.24) is 4.98 Å². The minimum atomic E-state index is 0.178. The van der Waals surface area contributed by atoms with E-state index in [1.807, 2.05) is 13.8 Å². The first-order chi connectivity index (χ1) is 8.04. The Morgan fingerprint density at radius 3 is 2.76 bits per heavy atom. The molecule has 1 aromatic heterocycles. The molecule has 5 nitrogen and oxygen atoms in total. The fourth-order valence-corrected chi connectivity index (χ4v) is 2.89. The second-order valence-corrected chi connectivity index (χ2v) is 5.60. The molecule has 0 aliphatic heterocycles. The highest BCUT2D eigenvalue weighted by molar-refractivity contribution is 7.99. The molecule has 1 heterocycles. The van der Waals surface area contributed by atoms with Crippen LogP contribution in [-0.4, -0.2) is 21.8 Å². The SMILES string of the molecule is Cc1nc(SCC2(CC(N)=NO)CC2)oc1C. The van der Waals surface area contributed by atoms with Gasteiger partial charge in [-0.2, -0.15) is 0 Å². The molecule has 0 unspecified atom stereocenters. The van der Waals surface area contributed by atoms with Crippen LogP contribution in [0.15, 0.2) is 14.8 Å². The predicted molar refractivity (Wildman–Crippen MR) is 66.4 cm³/mol. The third-order valence-electron chi connectivity index (χ3n) is 3.15. The van der Waals surface area contributed by atoms with Gasteiger partial charge in [0.1, 0.15) is 11.6 Å². The first kappa shape index (κ1) is 12.3. The minimum Gasteiger partial charge on any atom is -0.437 e. The Bertz CT molecular complexity index is 418. The van der Waals surface area contributed by atoms with Crippen LogP contribution in [0.5, 0.6) is 0 Å². The van der Waals surface area contributed by atoms with Gasteiger partial charge in [-0.3, -0.25) is 0 Å². The Morgan fingerprint density at radius 2 is 2.29 bits per heavy atom. The van der Waals surface area contributed by atoms with Crippen molar-refractivity contribution in [3.63, 3.8) is 0 Å². The molecule has 17 heavy (non-hydrogen) atoms. The Morgan fingerprint density at radius 1 is 1.59 bits per heavy atom. The molecule has 3 N–H and O–H groups in total. The van der Waals surface area contributed by atoms with E-state index in [9.17, 15) is 0 Å². The lowest BCUT2D eigenvalue weighted by atomic mass is 10.1. The predicted octanol–water partition coefficient (Wildman–Crippen LogP) is 2.30. The summed E-state index contributed by atoms with van der Waals surface area (Å²) in [6, 6.07) is 0. The second-order valence-electron chi connectivity index (χ2n) is 4.68. The van der Waals surface area contributed by atoms with Crippen molar-refractivity contribution < 1.29 is 9.62 Å². The fraction of sp³-hybridized carbons (Fsp3) is 0.636. The smallest absolute Gasteiger partial charge is 0.256 e. The van der Waals surface area contributed by atoms with Crippen molar-refractivity contribution in [2.75, 3.05) is 5.75 Å². The van der Waals surface area contributed by atoms with Crippen LogP contribution in [0, 0.1) is 19.3 Å². The highest BCUT2D eigenvalue weighted by Crippen LogP contribution is 2.51. The molecule has 1 aliphatic rings. The van der Waals surface area contributed by atoms with Gasteiger partial charge in [0.05, 0.1) is 5.69 Å². The first-order valence-electron chi connectivity index (χ1n) is 5.58. The van der Waals surface area contributed by atoms with Gasteiger partial charge in [-0.25, -0.2) is 4.98 Å². The third-order valence-corrected chi connectivity index (χ3v) is 4.33. The topological polar surface area (TPSA) is 84.6 Å². The van der Waals surface area contributed by atoms with Crippen molar-refractivity contribution in [2.45, 2.75) is 38.3 Å². The summed E-state index contributed by atoms with van der Waals surface area (Å²) < 4.78 is 5.51. The quantitative estimate of drug-likeness (QED) is 0.277. The number of oxime groups is 1. The summed E-state index contributed by atoms with van der Waals surface area (Å²) in [6.45, 7) is 3.85. The molecular weight excluding hydrogens is 238 g/mol. The summed E-state index contributed by atoms with van der Waals surface area (Å²) in [5.74, 6) is 2.08. The van der Waals surface area contributed by atoms with Crippen LogP contribution in [-0.2, 0) is 0 Å². The summed E-state index contributed by atoms with van der Waals surface area (Å²) in [7, 11) is 0. The van der Waals surface area contributed by atoms with Crippen molar-refractivity contribution >= 4 is 17.6 Å². The van der Waals surface area contributed by atoms with Gasteiger partial charge in [0.25, 0.3) is 5.22 Å². The number of aromatic nitrogens is 1. The molecule has 1 fully saturated rings. The van der Waals surface area contributed by atoms with Crippen molar-refractivity contribution in [3.05, 3.63) is 11.5 Å². The molecular formula is C11H17N3O2S. The fourth-order valence-electron chi connectivity index (χ4n) is 1.69. The monoisotopic (exact) mass is 255 g/mol. The summed E-state index contributed by atoms with van der Waals surface area (Å²) in [5.41, 5.74) is 6.66. The molecule has 1 saturated carbocycles. The summed E-state index contributed by atoms with van der Waals surface area (Å²) >= 11 is 1.61. The largest absolute Gasteiger partial charge is 0.437 e. The van der Waals surface area contributed by atoms with Gasteiger partial charge in [0.15, 0.2) is 0 Å². The Kier molecular flexibility index (Phi) is 3.33. The van der Waals surface area contributed by atoms with Crippen LogP contribution in [0.3, 0.4) is 0 Å². The number of hydrogen-bond donors (Lipinski definition) is 2. The van der Waals surface area contributed by atoms with Gasteiger partial charge in [0.2, 0.25) is 0 Å². The first-order valence-corrected chi connectivity index (χ1v) is 6.56. The number of aryl methyl sites for hydroxylation is 2.